The second-order valence-electron chi connectivity index (χ2n) is 18.0. The molecule has 0 radical (unpaired) electrons. The number of aromatic nitrogens is 5. The number of hydrogen-bond donors (Lipinski definition) is 0. The molecule has 6 nitrogen and oxygen atoms in total. The van der Waals surface area contributed by atoms with Gasteiger partial charge in [0.25, 0.3) is 0 Å². The number of hydrogen-bond acceptors (Lipinski definition) is 4. The lowest BCUT2D eigenvalue weighted by atomic mass is 9.62. The van der Waals surface area contributed by atoms with Gasteiger partial charge in [-0.1, -0.05) is 200 Å². The summed E-state index contributed by atoms with van der Waals surface area (Å²) in [6.07, 6.45) is 0. The van der Waals surface area contributed by atoms with Gasteiger partial charge < -0.3 is 4.90 Å². The third-order valence-corrected chi connectivity index (χ3v) is 14.3. The molecule has 70 heavy (non-hydrogen) atoms. The highest BCUT2D eigenvalue weighted by Gasteiger charge is 2.46. The minimum absolute atomic E-state index is 0.516. The van der Waals surface area contributed by atoms with Crippen LogP contribution >= 0.6 is 0 Å². The second kappa shape index (κ2) is 15.9. The lowest BCUT2D eigenvalue weighted by Crippen LogP contribution is -2.37. The van der Waals surface area contributed by atoms with Crippen LogP contribution in [0.5, 0.6) is 0 Å². The molecule has 0 unspecified atom stereocenters. The lowest BCUT2D eigenvalue weighted by molar-refractivity contribution is 0.731. The molecule has 0 aliphatic carbocycles. The molecule has 328 valence electrons. The van der Waals surface area contributed by atoms with Gasteiger partial charge in [-0.3, -0.25) is 9.13 Å². The van der Waals surface area contributed by atoms with Crippen LogP contribution in [0.15, 0.2) is 255 Å². The van der Waals surface area contributed by atoms with Crippen LogP contribution < -0.4 is 4.90 Å². The van der Waals surface area contributed by atoms with E-state index in [0.29, 0.717) is 17.7 Å². The van der Waals surface area contributed by atoms with Gasteiger partial charge in [0.1, 0.15) is 0 Å². The quantitative estimate of drug-likeness (QED) is 0.160. The summed E-state index contributed by atoms with van der Waals surface area (Å²) < 4.78 is 4.36. The summed E-state index contributed by atoms with van der Waals surface area (Å²) >= 11 is 0. The van der Waals surface area contributed by atoms with Gasteiger partial charge in [-0.05, 0) is 88.0 Å². The van der Waals surface area contributed by atoms with Crippen molar-refractivity contribution in [2.24, 2.45) is 0 Å². The van der Waals surface area contributed by atoms with Crippen molar-refractivity contribution in [2.45, 2.75) is 5.41 Å². The summed E-state index contributed by atoms with van der Waals surface area (Å²) in [5, 5.41) is 4.54. The van der Waals surface area contributed by atoms with Gasteiger partial charge in [-0.2, -0.15) is 15.0 Å². The number of rotatable bonds is 7. The summed E-state index contributed by atoms with van der Waals surface area (Å²) in [7, 11) is 0. The Morgan fingerprint density at radius 3 is 1.24 bits per heavy atom. The zero-order valence-electron chi connectivity index (χ0n) is 37.9. The predicted molar refractivity (Wildman–Crippen MR) is 286 cm³/mol. The van der Waals surface area contributed by atoms with E-state index in [-0.39, 0.29) is 0 Å². The molecule has 0 fully saturated rings. The Kier molecular flexibility index (Phi) is 9.01. The first-order valence-corrected chi connectivity index (χ1v) is 23.8. The van der Waals surface area contributed by atoms with Crippen LogP contribution in [0.4, 0.5) is 17.1 Å². The summed E-state index contributed by atoms with van der Waals surface area (Å²) in [5.41, 5.74) is 15.2. The number of para-hydroxylation sites is 5. The fraction of sp³-hybridized carbons (Fsp3) is 0.0156. The Hall–Kier alpha value is -9.39. The van der Waals surface area contributed by atoms with Crippen molar-refractivity contribution in [2.75, 3.05) is 4.90 Å². The maximum atomic E-state index is 5.35. The van der Waals surface area contributed by atoms with Crippen molar-refractivity contribution in [3.63, 3.8) is 0 Å². The van der Waals surface area contributed by atoms with Crippen LogP contribution in [-0.4, -0.2) is 24.1 Å². The Labute approximate surface area is 404 Å². The molecule has 0 spiro atoms. The van der Waals surface area contributed by atoms with Crippen LogP contribution in [0.1, 0.15) is 22.3 Å². The van der Waals surface area contributed by atoms with E-state index >= 15 is 0 Å². The number of fused-ring (bicyclic) bond motifs is 8. The number of benzene rings is 10. The summed E-state index contributed by atoms with van der Waals surface area (Å²) in [4.78, 5) is 18.2. The molecule has 0 bridgehead atoms. The largest absolute Gasteiger partial charge is 0.310 e. The highest BCUT2D eigenvalue weighted by atomic mass is 15.3. The van der Waals surface area contributed by atoms with E-state index in [4.69, 9.17) is 15.0 Å². The summed E-state index contributed by atoms with van der Waals surface area (Å²) in [6, 6.07) is 91.2. The fourth-order valence-corrected chi connectivity index (χ4v) is 11.3. The van der Waals surface area contributed by atoms with Crippen LogP contribution in [-0.2, 0) is 5.41 Å². The Morgan fingerprint density at radius 1 is 0.300 bits per heavy atom. The summed E-state index contributed by atoms with van der Waals surface area (Å²) in [6.45, 7) is 0. The Bertz CT molecular complexity index is 3980. The first kappa shape index (κ1) is 39.7. The standard InChI is InChI=1S/C64H42N6/c1-4-20-44(21-5-1)61-65-62(69-55-31-15-10-26-49(55)50-27-11-16-32-56(50)69)67-63(66-61)70-57-33-17-12-28-51(57)52-42-45(38-41-58(52)70)43-36-39-48(40-37-43)68-59-34-18-13-29-53(59)64(46-22-6-2-7-23-46,47-24-8-3-9-25-47)54-30-14-19-35-60(54)68/h1-42H. The maximum absolute atomic E-state index is 5.35. The first-order chi connectivity index (χ1) is 34.7. The molecule has 0 N–H and O–H groups in total. The van der Waals surface area contributed by atoms with Gasteiger partial charge in [0.2, 0.25) is 11.9 Å². The van der Waals surface area contributed by atoms with Gasteiger partial charge in [-0.25, -0.2) is 0 Å². The molecule has 6 heteroatoms. The highest BCUT2D eigenvalue weighted by Crippen LogP contribution is 2.57. The van der Waals surface area contributed by atoms with Gasteiger partial charge in [0.05, 0.1) is 38.9 Å². The van der Waals surface area contributed by atoms with E-state index in [9.17, 15) is 0 Å². The molecule has 4 heterocycles. The molecular weight excluding hydrogens is 853 g/mol. The van der Waals surface area contributed by atoms with Crippen molar-refractivity contribution in [1.29, 1.82) is 0 Å². The molecule has 3 aromatic heterocycles. The minimum atomic E-state index is -0.516. The van der Waals surface area contributed by atoms with Crippen LogP contribution in [0.2, 0.25) is 0 Å². The lowest BCUT2D eigenvalue weighted by Gasteiger charge is -2.46. The molecular formula is C64H42N6. The zero-order valence-corrected chi connectivity index (χ0v) is 37.9. The highest BCUT2D eigenvalue weighted by molar-refractivity contribution is 6.11. The SMILES string of the molecule is c1ccc(-c2nc(-n3c4ccccc4c4ccccc43)nc(-n3c4ccccc4c4cc(-c5ccc(N6c7ccccc7C(c7ccccc7)(c7ccccc7)c7ccccc76)cc5)ccc43)n2)cc1. The van der Waals surface area contributed by atoms with E-state index in [2.05, 4.69) is 251 Å². The van der Waals surface area contributed by atoms with Gasteiger partial charge >= 0.3 is 0 Å². The molecule has 1 aliphatic heterocycles. The van der Waals surface area contributed by atoms with Crippen molar-refractivity contribution in [3.05, 3.63) is 277 Å². The normalized spacial score (nSPS) is 12.9. The van der Waals surface area contributed by atoms with E-state index in [1.165, 1.54) is 22.3 Å². The molecule has 0 amide bonds. The molecule has 10 aromatic carbocycles. The number of anilines is 3. The smallest absolute Gasteiger partial charge is 0.240 e. The van der Waals surface area contributed by atoms with Gasteiger partial charge in [0.15, 0.2) is 5.82 Å². The van der Waals surface area contributed by atoms with Crippen molar-refractivity contribution in [1.82, 2.24) is 24.1 Å². The monoisotopic (exact) mass is 894 g/mol. The average Bonchev–Trinajstić information content (AvgIpc) is 3.96. The average molecular weight is 895 g/mol. The van der Waals surface area contributed by atoms with E-state index < -0.39 is 5.41 Å². The fourth-order valence-electron chi connectivity index (χ4n) is 11.3. The topological polar surface area (TPSA) is 51.8 Å². The predicted octanol–water partition coefficient (Wildman–Crippen LogP) is 15.6. The van der Waals surface area contributed by atoms with Crippen molar-refractivity contribution in [3.8, 4) is 34.4 Å². The number of nitrogens with zero attached hydrogens (tertiary/aromatic N) is 6. The maximum Gasteiger partial charge on any atom is 0.240 e. The molecule has 0 atom stereocenters. The van der Waals surface area contributed by atoms with Crippen LogP contribution in [0.25, 0.3) is 78.0 Å². The molecule has 13 aromatic rings. The molecule has 0 saturated carbocycles. The second-order valence-corrected chi connectivity index (χ2v) is 18.0. The van der Waals surface area contributed by atoms with Crippen LogP contribution in [0, 0.1) is 0 Å². The summed E-state index contributed by atoms with van der Waals surface area (Å²) in [5.74, 6) is 1.73. The molecule has 1 aliphatic rings. The van der Waals surface area contributed by atoms with E-state index in [0.717, 1.165) is 77.4 Å². The van der Waals surface area contributed by atoms with Crippen molar-refractivity contribution < 1.29 is 0 Å². The zero-order chi connectivity index (χ0) is 46.2. The van der Waals surface area contributed by atoms with E-state index in [1.807, 2.05) is 18.2 Å². The minimum Gasteiger partial charge on any atom is -0.310 e. The molecule has 0 saturated heterocycles. The van der Waals surface area contributed by atoms with Crippen LogP contribution in [0.3, 0.4) is 0 Å². The molecule has 14 rings (SSSR count). The Morgan fingerprint density at radius 2 is 0.714 bits per heavy atom. The third kappa shape index (κ3) is 5.96. The van der Waals surface area contributed by atoms with E-state index in [1.54, 1.807) is 0 Å². The van der Waals surface area contributed by atoms with Gasteiger partial charge in [-0.15, -0.1) is 0 Å². The van der Waals surface area contributed by atoms with Gasteiger partial charge in [0, 0.05) is 32.8 Å². The van der Waals surface area contributed by atoms with Crippen molar-refractivity contribution >= 4 is 60.7 Å². The Balaban J connectivity index is 0.902. The third-order valence-electron chi connectivity index (χ3n) is 14.3. The first-order valence-electron chi connectivity index (χ1n) is 23.8.